The first-order chi connectivity index (χ1) is 9.83. The van der Waals surface area contributed by atoms with E-state index in [1.54, 1.807) is 0 Å². The minimum Gasteiger partial charge on any atom is -0.327 e. The number of carbonyl (C=O) groups excluding carboxylic acids is 1. The van der Waals surface area contributed by atoms with Gasteiger partial charge in [0.05, 0.1) is 11.0 Å². The molecule has 20 heavy (non-hydrogen) atoms. The molecule has 2 heterocycles. The number of rotatable bonds is 2. The quantitative estimate of drug-likeness (QED) is 0.710. The van der Waals surface area contributed by atoms with Crippen molar-refractivity contribution in [1.82, 2.24) is 9.55 Å². The van der Waals surface area contributed by atoms with Gasteiger partial charge in [-0.3, -0.25) is 4.79 Å². The summed E-state index contributed by atoms with van der Waals surface area (Å²) in [6, 6.07) is 16.2. The Balaban J connectivity index is 1.88. The molecule has 0 spiro atoms. The molecule has 4 rings (SSSR count). The first kappa shape index (κ1) is 11.4. The lowest BCUT2D eigenvalue weighted by Gasteiger charge is -2.15. The zero-order valence-corrected chi connectivity index (χ0v) is 11.0. The Hall–Kier alpha value is -2.42. The second-order valence-corrected chi connectivity index (χ2v) is 5.19. The number of carbonyl (C=O) groups is 1. The van der Waals surface area contributed by atoms with Crippen LogP contribution in [0.4, 0.5) is 0 Å². The lowest BCUT2D eigenvalue weighted by molar-refractivity contribution is 0.0973. The van der Waals surface area contributed by atoms with E-state index in [0.717, 1.165) is 35.4 Å². The van der Waals surface area contributed by atoms with E-state index in [2.05, 4.69) is 16.7 Å². The van der Waals surface area contributed by atoms with Gasteiger partial charge in [-0.05, 0) is 17.7 Å². The Morgan fingerprint density at radius 2 is 1.90 bits per heavy atom. The molecule has 0 N–H and O–H groups in total. The molecule has 0 saturated carbocycles. The molecule has 1 aliphatic heterocycles. The summed E-state index contributed by atoms with van der Waals surface area (Å²) >= 11 is 0. The van der Waals surface area contributed by atoms with Gasteiger partial charge in [-0.2, -0.15) is 0 Å². The first-order valence-corrected chi connectivity index (χ1v) is 6.88. The van der Waals surface area contributed by atoms with Gasteiger partial charge >= 0.3 is 0 Å². The topological polar surface area (TPSA) is 34.9 Å². The smallest absolute Gasteiger partial charge is 0.166 e. The second-order valence-electron chi connectivity index (χ2n) is 5.19. The fourth-order valence-corrected chi connectivity index (χ4v) is 2.96. The van der Waals surface area contributed by atoms with Gasteiger partial charge in [-0.25, -0.2) is 4.98 Å². The summed E-state index contributed by atoms with van der Waals surface area (Å²) in [5.74, 6) is 1.28. The minimum atomic E-state index is 0.231. The Bertz CT molecular complexity index is 802. The first-order valence-electron chi connectivity index (χ1n) is 6.88. The Morgan fingerprint density at radius 3 is 2.75 bits per heavy atom. The Kier molecular flexibility index (Phi) is 2.46. The van der Waals surface area contributed by atoms with Crippen LogP contribution < -0.4 is 0 Å². The summed E-state index contributed by atoms with van der Waals surface area (Å²) in [7, 11) is 0. The highest BCUT2D eigenvalue weighted by atomic mass is 16.1. The van der Waals surface area contributed by atoms with Crippen LogP contribution in [0.5, 0.6) is 0 Å². The van der Waals surface area contributed by atoms with Gasteiger partial charge in [0.15, 0.2) is 5.78 Å². The summed E-state index contributed by atoms with van der Waals surface area (Å²) in [6.45, 7) is 0.745. The molecular formula is C17H14N2O. The zero-order chi connectivity index (χ0) is 13.5. The average Bonchev–Trinajstić information content (AvgIpc) is 2.83. The van der Waals surface area contributed by atoms with Crippen molar-refractivity contribution < 1.29 is 4.79 Å². The molecule has 0 aliphatic carbocycles. The predicted octanol–water partition coefficient (Wildman–Crippen LogP) is 3.21. The lowest BCUT2D eigenvalue weighted by Crippen LogP contribution is -2.16. The maximum absolute atomic E-state index is 12.0. The summed E-state index contributed by atoms with van der Waals surface area (Å²) in [5.41, 5.74) is 4.01. The fourth-order valence-electron chi connectivity index (χ4n) is 2.96. The molecule has 0 radical (unpaired) electrons. The molecule has 98 valence electrons. The van der Waals surface area contributed by atoms with E-state index >= 15 is 0 Å². The van der Waals surface area contributed by atoms with Crippen molar-refractivity contribution >= 4 is 16.8 Å². The number of hydrogen-bond donors (Lipinski definition) is 0. The Labute approximate surface area is 116 Å². The highest BCUT2D eigenvalue weighted by molar-refractivity contribution is 6.07. The maximum atomic E-state index is 12.0. The van der Waals surface area contributed by atoms with Crippen molar-refractivity contribution in [1.29, 1.82) is 0 Å². The molecule has 0 unspecified atom stereocenters. The Morgan fingerprint density at radius 1 is 1.05 bits per heavy atom. The van der Waals surface area contributed by atoms with Gasteiger partial charge in [0.25, 0.3) is 0 Å². The minimum absolute atomic E-state index is 0.231. The van der Waals surface area contributed by atoms with Crippen LogP contribution >= 0.6 is 0 Å². The molecule has 0 atom stereocenters. The van der Waals surface area contributed by atoms with Crippen molar-refractivity contribution in [3.05, 3.63) is 65.5 Å². The van der Waals surface area contributed by atoms with Crippen molar-refractivity contribution in [2.75, 3.05) is 0 Å². The van der Waals surface area contributed by atoms with E-state index in [9.17, 15) is 4.79 Å². The van der Waals surface area contributed by atoms with E-state index in [1.807, 2.05) is 36.4 Å². The molecule has 1 aliphatic rings. The van der Waals surface area contributed by atoms with E-state index in [4.69, 9.17) is 4.98 Å². The van der Waals surface area contributed by atoms with Crippen molar-refractivity contribution in [2.45, 2.75) is 19.4 Å². The van der Waals surface area contributed by atoms with E-state index in [-0.39, 0.29) is 5.78 Å². The molecular weight excluding hydrogens is 248 g/mol. The van der Waals surface area contributed by atoms with Crippen molar-refractivity contribution in [2.24, 2.45) is 0 Å². The maximum Gasteiger partial charge on any atom is 0.166 e. The summed E-state index contributed by atoms with van der Waals surface area (Å²) in [4.78, 5) is 16.7. The van der Waals surface area contributed by atoms with Crippen LogP contribution in [-0.2, 0) is 13.0 Å². The third-order valence-corrected chi connectivity index (χ3v) is 3.91. The standard InChI is InChI=1S/C17H14N2O/c20-15-9-10-19-16(11-12-5-2-1-3-6-12)18-14-8-4-7-13(15)17(14)19/h1-8H,9-11H2. The number of aryl methyl sites for hydroxylation is 1. The number of para-hydroxylation sites is 1. The summed E-state index contributed by atoms with van der Waals surface area (Å²) < 4.78 is 2.21. The van der Waals surface area contributed by atoms with Crippen LogP contribution in [0.25, 0.3) is 11.0 Å². The number of Topliss-reactive ketones (excluding diaryl/α,β-unsaturated/α-hetero) is 1. The highest BCUT2D eigenvalue weighted by Gasteiger charge is 2.22. The summed E-state index contributed by atoms with van der Waals surface area (Å²) in [5, 5.41) is 0. The van der Waals surface area contributed by atoms with Crippen LogP contribution in [0.15, 0.2) is 48.5 Å². The molecule has 0 saturated heterocycles. The van der Waals surface area contributed by atoms with Crippen molar-refractivity contribution in [3.63, 3.8) is 0 Å². The number of ketones is 1. The van der Waals surface area contributed by atoms with Crippen LogP contribution in [-0.4, -0.2) is 15.3 Å². The second kappa shape index (κ2) is 4.30. The average molecular weight is 262 g/mol. The number of nitrogens with zero attached hydrogens (tertiary/aromatic N) is 2. The van der Waals surface area contributed by atoms with E-state index in [0.29, 0.717) is 6.42 Å². The molecule has 0 fully saturated rings. The van der Waals surface area contributed by atoms with Crippen LogP contribution in [0, 0.1) is 0 Å². The SMILES string of the molecule is O=C1CCn2c(Cc3ccccc3)nc3cccc1c32. The third kappa shape index (κ3) is 1.67. The molecule has 0 amide bonds. The van der Waals surface area contributed by atoms with Gasteiger partial charge in [-0.1, -0.05) is 36.4 Å². The van der Waals surface area contributed by atoms with E-state index in [1.165, 1.54) is 5.56 Å². The summed E-state index contributed by atoms with van der Waals surface area (Å²) in [6.07, 6.45) is 1.38. The van der Waals surface area contributed by atoms with Crippen LogP contribution in [0.1, 0.15) is 28.2 Å². The molecule has 1 aromatic heterocycles. The predicted molar refractivity (Wildman–Crippen MR) is 77.9 cm³/mol. The van der Waals surface area contributed by atoms with Crippen LogP contribution in [0.2, 0.25) is 0 Å². The number of benzene rings is 2. The molecule has 3 nitrogen and oxygen atoms in total. The molecule has 0 bridgehead atoms. The third-order valence-electron chi connectivity index (χ3n) is 3.91. The van der Waals surface area contributed by atoms with Gasteiger partial charge in [0.2, 0.25) is 0 Å². The number of imidazole rings is 1. The number of aromatic nitrogens is 2. The largest absolute Gasteiger partial charge is 0.327 e. The van der Waals surface area contributed by atoms with Gasteiger partial charge in [0, 0.05) is 24.9 Å². The lowest BCUT2D eigenvalue weighted by atomic mass is 10.0. The normalized spacial score (nSPS) is 13.9. The molecule has 3 heteroatoms. The molecule has 2 aromatic carbocycles. The van der Waals surface area contributed by atoms with Gasteiger partial charge in [0.1, 0.15) is 5.82 Å². The van der Waals surface area contributed by atoms with Crippen molar-refractivity contribution in [3.8, 4) is 0 Å². The van der Waals surface area contributed by atoms with Gasteiger partial charge in [-0.15, -0.1) is 0 Å². The zero-order valence-electron chi connectivity index (χ0n) is 11.0. The number of hydrogen-bond acceptors (Lipinski definition) is 2. The van der Waals surface area contributed by atoms with Crippen LogP contribution in [0.3, 0.4) is 0 Å². The fraction of sp³-hybridized carbons (Fsp3) is 0.176. The highest BCUT2D eigenvalue weighted by Crippen LogP contribution is 2.27. The van der Waals surface area contributed by atoms with Gasteiger partial charge < -0.3 is 4.57 Å². The monoisotopic (exact) mass is 262 g/mol. The molecule has 3 aromatic rings. The van der Waals surface area contributed by atoms with E-state index < -0.39 is 0 Å².